The molecule has 128 valence electrons. The molecule has 1 fully saturated rings. The highest BCUT2D eigenvalue weighted by Gasteiger charge is 2.24. The summed E-state index contributed by atoms with van der Waals surface area (Å²) in [7, 11) is 1.62. The second-order valence-electron chi connectivity index (χ2n) is 6.54. The molecule has 2 rings (SSSR count). The molecule has 0 radical (unpaired) electrons. The first-order chi connectivity index (χ1) is 10.8. The Hall–Kier alpha value is -1.74. The van der Waals surface area contributed by atoms with E-state index in [9.17, 15) is 9.59 Å². The summed E-state index contributed by atoms with van der Waals surface area (Å²) in [6.45, 7) is 9.03. The third-order valence-corrected chi connectivity index (χ3v) is 4.25. The maximum atomic E-state index is 12.3. The van der Waals surface area contributed by atoms with Crippen LogP contribution >= 0.6 is 11.5 Å². The number of amides is 3. The number of likely N-dealkylation sites (N-methyl/N-ethyl adjacent to an activating group) is 1. The third-order valence-electron chi connectivity index (χ3n) is 3.62. The number of hydrogen-bond acceptors (Lipinski definition) is 6. The van der Waals surface area contributed by atoms with E-state index in [-0.39, 0.29) is 17.4 Å². The minimum Gasteiger partial charge on any atom is -0.358 e. The smallest absolute Gasteiger partial charge is 0.323 e. The van der Waals surface area contributed by atoms with E-state index in [0.717, 1.165) is 5.82 Å². The molecular weight excluding hydrogens is 316 g/mol. The molecule has 0 aromatic carbocycles. The van der Waals surface area contributed by atoms with E-state index in [4.69, 9.17) is 0 Å². The lowest BCUT2D eigenvalue weighted by atomic mass is 9.96. The molecule has 1 saturated heterocycles. The number of aromatic nitrogens is 2. The van der Waals surface area contributed by atoms with Crippen molar-refractivity contribution in [3.8, 4) is 0 Å². The summed E-state index contributed by atoms with van der Waals surface area (Å²) in [5.41, 5.74) is -0.134. The van der Waals surface area contributed by atoms with Crippen molar-refractivity contribution in [2.45, 2.75) is 26.2 Å². The van der Waals surface area contributed by atoms with Gasteiger partial charge in [0, 0.05) is 50.2 Å². The quantitative estimate of drug-likeness (QED) is 0.847. The molecule has 1 aliphatic rings. The van der Waals surface area contributed by atoms with Crippen LogP contribution < -0.4 is 10.6 Å². The molecule has 0 spiro atoms. The van der Waals surface area contributed by atoms with E-state index >= 15 is 0 Å². The monoisotopic (exact) mass is 340 g/mol. The Labute approximate surface area is 140 Å². The van der Waals surface area contributed by atoms with Crippen LogP contribution in [0.25, 0.3) is 0 Å². The largest absolute Gasteiger partial charge is 0.358 e. The molecule has 0 unspecified atom stereocenters. The van der Waals surface area contributed by atoms with Gasteiger partial charge in [0.2, 0.25) is 11.0 Å². The summed E-state index contributed by atoms with van der Waals surface area (Å²) >= 11 is 1.20. The van der Waals surface area contributed by atoms with E-state index in [0.29, 0.717) is 37.9 Å². The Kier molecular flexibility index (Phi) is 5.53. The number of carbonyl (C=O) groups is 2. The highest BCUT2D eigenvalue weighted by Crippen LogP contribution is 2.23. The van der Waals surface area contributed by atoms with E-state index in [1.165, 1.54) is 11.5 Å². The number of anilines is 1. The number of nitrogens with one attached hydrogen (secondary N) is 2. The number of carbonyl (C=O) groups excluding carboxylic acids is 2. The van der Waals surface area contributed by atoms with E-state index in [1.807, 2.05) is 25.7 Å². The fourth-order valence-electron chi connectivity index (χ4n) is 2.14. The molecule has 2 heterocycles. The Bertz CT molecular complexity index is 560. The van der Waals surface area contributed by atoms with Crippen LogP contribution in [0, 0.1) is 0 Å². The van der Waals surface area contributed by atoms with Gasteiger partial charge in [0.25, 0.3) is 0 Å². The SMILES string of the molecule is CNC(=O)CN1CCN(C(=O)Nc2nc(C(C)(C)C)ns2)CC1. The Morgan fingerprint density at radius 3 is 2.39 bits per heavy atom. The summed E-state index contributed by atoms with van der Waals surface area (Å²) < 4.78 is 4.28. The molecule has 0 saturated carbocycles. The maximum absolute atomic E-state index is 12.3. The van der Waals surface area contributed by atoms with Crippen LogP contribution in [0.2, 0.25) is 0 Å². The van der Waals surface area contributed by atoms with Gasteiger partial charge in [-0.1, -0.05) is 20.8 Å². The number of nitrogens with zero attached hydrogens (tertiary/aromatic N) is 4. The molecule has 9 heteroatoms. The van der Waals surface area contributed by atoms with Gasteiger partial charge < -0.3 is 10.2 Å². The zero-order chi connectivity index (χ0) is 17.0. The van der Waals surface area contributed by atoms with Gasteiger partial charge in [0.15, 0.2) is 0 Å². The lowest BCUT2D eigenvalue weighted by Crippen LogP contribution is -2.51. The van der Waals surface area contributed by atoms with Gasteiger partial charge in [-0.25, -0.2) is 9.78 Å². The fraction of sp³-hybridized carbons (Fsp3) is 0.714. The van der Waals surface area contributed by atoms with Gasteiger partial charge >= 0.3 is 6.03 Å². The van der Waals surface area contributed by atoms with Crippen molar-refractivity contribution in [3.63, 3.8) is 0 Å². The Morgan fingerprint density at radius 1 is 1.22 bits per heavy atom. The minimum atomic E-state index is -0.166. The first kappa shape index (κ1) is 17.6. The standard InChI is InChI=1S/C14H24N6O2S/c1-14(2,3)11-16-12(23-18-11)17-13(22)20-7-5-19(6-8-20)9-10(21)15-4/h5-9H2,1-4H3,(H,15,21)(H,16,17,18,22). The van der Waals surface area contributed by atoms with Crippen LogP contribution in [0.4, 0.5) is 9.93 Å². The van der Waals surface area contributed by atoms with Crippen molar-refractivity contribution in [1.29, 1.82) is 0 Å². The summed E-state index contributed by atoms with van der Waals surface area (Å²) in [5.74, 6) is 0.722. The molecular formula is C14H24N6O2S. The predicted octanol–water partition coefficient (Wildman–Crippen LogP) is 0.731. The first-order valence-corrected chi connectivity index (χ1v) is 8.40. The van der Waals surface area contributed by atoms with Crippen molar-refractivity contribution in [1.82, 2.24) is 24.5 Å². The summed E-state index contributed by atoms with van der Waals surface area (Å²) in [5, 5.41) is 5.93. The molecule has 0 atom stereocenters. The van der Waals surface area contributed by atoms with Crippen molar-refractivity contribution >= 4 is 28.6 Å². The van der Waals surface area contributed by atoms with Crippen molar-refractivity contribution < 1.29 is 9.59 Å². The van der Waals surface area contributed by atoms with Gasteiger partial charge in [0.1, 0.15) is 5.82 Å². The molecule has 0 aliphatic carbocycles. The predicted molar refractivity (Wildman–Crippen MR) is 89.7 cm³/mol. The maximum Gasteiger partial charge on any atom is 0.323 e. The van der Waals surface area contributed by atoms with Crippen LogP contribution in [0.1, 0.15) is 26.6 Å². The average Bonchev–Trinajstić information content (AvgIpc) is 2.96. The van der Waals surface area contributed by atoms with E-state index < -0.39 is 0 Å². The molecule has 23 heavy (non-hydrogen) atoms. The average molecular weight is 340 g/mol. The molecule has 1 aromatic heterocycles. The van der Waals surface area contributed by atoms with Gasteiger partial charge in [-0.05, 0) is 0 Å². The highest BCUT2D eigenvalue weighted by molar-refractivity contribution is 7.09. The normalized spacial score (nSPS) is 16.3. The third kappa shape index (κ3) is 4.87. The van der Waals surface area contributed by atoms with Crippen molar-refractivity contribution in [3.05, 3.63) is 5.82 Å². The number of rotatable bonds is 3. The summed E-state index contributed by atoms with van der Waals surface area (Å²) in [4.78, 5) is 31.8. The second kappa shape index (κ2) is 7.22. The van der Waals surface area contributed by atoms with Gasteiger partial charge in [0.05, 0.1) is 6.54 Å². The topological polar surface area (TPSA) is 90.5 Å². The first-order valence-electron chi connectivity index (χ1n) is 7.62. The molecule has 2 N–H and O–H groups in total. The highest BCUT2D eigenvalue weighted by atomic mass is 32.1. The molecule has 1 aromatic rings. The minimum absolute atomic E-state index is 0.00790. The lowest BCUT2D eigenvalue weighted by molar-refractivity contribution is -0.122. The van der Waals surface area contributed by atoms with Crippen molar-refractivity contribution in [2.24, 2.45) is 0 Å². The number of urea groups is 1. The van der Waals surface area contributed by atoms with Crippen LogP contribution in [-0.2, 0) is 10.2 Å². The zero-order valence-corrected chi connectivity index (χ0v) is 14.9. The number of piperazine rings is 1. The van der Waals surface area contributed by atoms with Crippen molar-refractivity contribution in [2.75, 3.05) is 45.1 Å². The second-order valence-corrected chi connectivity index (χ2v) is 7.29. The van der Waals surface area contributed by atoms with Crippen LogP contribution in [0.3, 0.4) is 0 Å². The lowest BCUT2D eigenvalue weighted by Gasteiger charge is -2.33. The summed E-state index contributed by atoms with van der Waals surface area (Å²) in [6.07, 6.45) is 0. The fourth-order valence-corrected chi connectivity index (χ4v) is 2.89. The van der Waals surface area contributed by atoms with Gasteiger partial charge in [-0.3, -0.25) is 15.0 Å². The van der Waals surface area contributed by atoms with Crippen LogP contribution in [-0.4, -0.2) is 70.9 Å². The van der Waals surface area contributed by atoms with E-state index in [1.54, 1.807) is 11.9 Å². The molecule has 1 aliphatic heterocycles. The Morgan fingerprint density at radius 2 is 1.87 bits per heavy atom. The molecule has 3 amide bonds. The van der Waals surface area contributed by atoms with Gasteiger partial charge in [-0.15, -0.1) is 0 Å². The molecule has 0 bridgehead atoms. The number of hydrogen-bond donors (Lipinski definition) is 2. The van der Waals surface area contributed by atoms with Gasteiger partial charge in [-0.2, -0.15) is 4.37 Å². The zero-order valence-electron chi connectivity index (χ0n) is 14.0. The Balaban J connectivity index is 1.83. The van der Waals surface area contributed by atoms with Crippen LogP contribution in [0.15, 0.2) is 0 Å². The molecule has 8 nitrogen and oxygen atoms in total. The summed E-state index contributed by atoms with van der Waals surface area (Å²) in [6, 6.07) is -0.166. The van der Waals surface area contributed by atoms with Crippen LogP contribution in [0.5, 0.6) is 0 Å². The van der Waals surface area contributed by atoms with E-state index in [2.05, 4.69) is 20.0 Å².